The Hall–Kier alpha value is -2.43. The molecule has 0 saturated heterocycles. The van der Waals surface area contributed by atoms with Gasteiger partial charge in [-0.15, -0.1) is 0 Å². The first-order valence-electron chi connectivity index (χ1n) is 5.20. The van der Waals surface area contributed by atoms with E-state index in [1.807, 2.05) is 19.1 Å². The number of nitrogens with zero attached hydrogens (tertiary/aromatic N) is 1. The summed E-state index contributed by atoms with van der Waals surface area (Å²) in [6.45, 7) is 1.82. The maximum Gasteiger partial charge on any atom is 0.341 e. The monoisotopic (exact) mass is 247 g/mol. The molecule has 0 aliphatic carbocycles. The second kappa shape index (κ2) is 4.83. The van der Waals surface area contributed by atoms with E-state index in [-0.39, 0.29) is 11.4 Å². The minimum Gasteiger partial charge on any atom is -0.477 e. The molecule has 0 amide bonds. The Bertz CT molecular complexity index is 599. The van der Waals surface area contributed by atoms with Crippen LogP contribution in [0.25, 0.3) is 0 Å². The molecule has 0 fully saturated rings. The van der Waals surface area contributed by atoms with E-state index in [1.54, 1.807) is 12.1 Å². The van der Waals surface area contributed by atoms with Gasteiger partial charge in [-0.1, -0.05) is 18.2 Å². The summed E-state index contributed by atoms with van der Waals surface area (Å²) in [6, 6.07) is 7.97. The van der Waals surface area contributed by atoms with Gasteiger partial charge in [-0.3, -0.25) is 0 Å². The molecule has 2 rings (SSSR count). The molecule has 1 heterocycles. The molecule has 0 bridgehead atoms. The number of carboxylic acids is 1. The number of ether oxygens (including phenoxy) is 1. The van der Waals surface area contributed by atoms with E-state index in [4.69, 9.17) is 9.84 Å². The number of aryl methyl sites for hydroxylation is 1. The molecule has 0 saturated carbocycles. The molecular formula is C13H10FNO3. The van der Waals surface area contributed by atoms with Crippen molar-refractivity contribution in [2.75, 3.05) is 0 Å². The molecule has 0 unspecified atom stereocenters. The minimum atomic E-state index is -1.29. The van der Waals surface area contributed by atoms with Crippen LogP contribution in [0, 0.1) is 12.7 Å². The SMILES string of the molecule is Cc1ccccc1Oc1ncc(F)cc1C(=O)O. The summed E-state index contributed by atoms with van der Waals surface area (Å²) in [5.41, 5.74) is 0.526. The molecule has 18 heavy (non-hydrogen) atoms. The molecule has 1 aromatic heterocycles. The van der Waals surface area contributed by atoms with E-state index in [2.05, 4.69) is 4.98 Å². The summed E-state index contributed by atoms with van der Waals surface area (Å²) < 4.78 is 18.3. The zero-order chi connectivity index (χ0) is 13.1. The van der Waals surface area contributed by atoms with E-state index in [0.717, 1.165) is 17.8 Å². The molecule has 2 aromatic rings. The molecular weight excluding hydrogens is 237 g/mol. The van der Waals surface area contributed by atoms with Gasteiger partial charge in [0.15, 0.2) is 0 Å². The predicted octanol–water partition coefficient (Wildman–Crippen LogP) is 3.02. The first kappa shape index (κ1) is 12.0. The largest absolute Gasteiger partial charge is 0.477 e. The average molecular weight is 247 g/mol. The fraction of sp³-hybridized carbons (Fsp3) is 0.0769. The third-order valence-corrected chi connectivity index (χ3v) is 2.35. The second-order valence-corrected chi connectivity index (χ2v) is 3.68. The van der Waals surface area contributed by atoms with Gasteiger partial charge in [0.2, 0.25) is 5.88 Å². The third kappa shape index (κ3) is 2.45. The number of hydrogen-bond acceptors (Lipinski definition) is 3. The predicted molar refractivity (Wildman–Crippen MR) is 62.4 cm³/mol. The van der Waals surface area contributed by atoms with Crippen LogP contribution in [-0.4, -0.2) is 16.1 Å². The summed E-state index contributed by atoms with van der Waals surface area (Å²) in [5.74, 6) is -1.65. The zero-order valence-corrected chi connectivity index (χ0v) is 9.55. The zero-order valence-electron chi connectivity index (χ0n) is 9.55. The molecule has 0 atom stereocenters. The van der Waals surface area contributed by atoms with Gasteiger partial charge < -0.3 is 9.84 Å². The fourth-order valence-electron chi connectivity index (χ4n) is 1.44. The number of para-hydroxylation sites is 1. The number of aromatic carboxylic acids is 1. The molecule has 4 nitrogen and oxygen atoms in total. The van der Waals surface area contributed by atoms with Crippen molar-refractivity contribution in [3.8, 4) is 11.6 Å². The number of rotatable bonds is 3. The van der Waals surface area contributed by atoms with Gasteiger partial charge in [0.05, 0.1) is 6.20 Å². The maximum absolute atomic E-state index is 12.9. The van der Waals surface area contributed by atoms with Crippen LogP contribution in [0.3, 0.4) is 0 Å². The molecule has 5 heteroatoms. The quantitative estimate of drug-likeness (QED) is 0.905. The molecule has 0 spiro atoms. The fourth-order valence-corrected chi connectivity index (χ4v) is 1.44. The number of carbonyl (C=O) groups is 1. The van der Waals surface area contributed by atoms with Crippen LogP contribution >= 0.6 is 0 Å². The van der Waals surface area contributed by atoms with Crippen molar-refractivity contribution in [1.82, 2.24) is 4.98 Å². The van der Waals surface area contributed by atoms with Gasteiger partial charge in [-0.25, -0.2) is 14.2 Å². The lowest BCUT2D eigenvalue weighted by Gasteiger charge is -2.09. The van der Waals surface area contributed by atoms with E-state index in [0.29, 0.717) is 5.75 Å². The summed E-state index contributed by atoms with van der Waals surface area (Å²) in [4.78, 5) is 14.6. The summed E-state index contributed by atoms with van der Waals surface area (Å²) >= 11 is 0. The number of benzene rings is 1. The summed E-state index contributed by atoms with van der Waals surface area (Å²) in [7, 11) is 0. The maximum atomic E-state index is 12.9. The van der Waals surface area contributed by atoms with Crippen molar-refractivity contribution in [3.05, 3.63) is 53.5 Å². The highest BCUT2D eigenvalue weighted by molar-refractivity contribution is 5.90. The smallest absolute Gasteiger partial charge is 0.341 e. The van der Waals surface area contributed by atoms with E-state index < -0.39 is 11.8 Å². The third-order valence-electron chi connectivity index (χ3n) is 2.35. The van der Waals surface area contributed by atoms with E-state index in [9.17, 15) is 9.18 Å². The second-order valence-electron chi connectivity index (χ2n) is 3.68. The number of aromatic nitrogens is 1. The van der Waals surface area contributed by atoms with Gasteiger partial charge in [-0.05, 0) is 24.6 Å². The minimum absolute atomic E-state index is 0.127. The highest BCUT2D eigenvalue weighted by Gasteiger charge is 2.15. The van der Waals surface area contributed by atoms with Crippen LogP contribution < -0.4 is 4.74 Å². The molecule has 1 aromatic carbocycles. The highest BCUT2D eigenvalue weighted by atomic mass is 19.1. The molecule has 0 radical (unpaired) electrons. The Morgan fingerprint density at radius 2 is 2.11 bits per heavy atom. The lowest BCUT2D eigenvalue weighted by atomic mass is 10.2. The van der Waals surface area contributed by atoms with Crippen LogP contribution in [-0.2, 0) is 0 Å². The topological polar surface area (TPSA) is 59.4 Å². The lowest BCUT2D eigenvalue weighted by Crippen LogP contribution is -2.03. The standard InChI is InChI=1S/C13H10FNO3/c1-8-4-2-3-5-11(8)18-12-10(13(16)17)6-9(14)7-15-12/h2-7H,1H3,(H,16,17). The number of halogens is 1. The van der Waals surface area contributed by atoms with E-state index in [1.165, 1.54) is 0 Å². The number of hydrogen-bond donors (Lipinski definition) is 1. The van der Waals surface area contributed by atoms with Crippen molar-refractivity contribution in [1.29, 1.82) is 0 Å². The lowest BCUT2D eigenvalue weighted by molar-refractivity contribution is 0.0692. The number of pyridine rings is 1. The Balaban J connectivity index is 2.41. The average Bonchev–Trinajstić information content (AvgIpc) is 2.34. The Morgan fingerprint density at radius 3 is 2.78 bits per heavy atom. The van der Waals surface area contributed by atoms with Gasteiger partial charge in [0.1, 0.15) is 17.1 Å². The summed E-state index contributed by atoms with van der Waals surface area (Å²) in [5, 5.41) is 8.95. The first-order valence-corrected chi connectivity index (χ1v) is 5.20. The van der Waals surface area contributed by atoms with Crippen molar-refractivity contribution in [3.63, 3.8) is 0 Å². The van der Waals surface area contributed by atoms with Crippen molar-refractivity contribution < 1.29 is 19.0 Å². The molecule has 1 N–H and O–H groups in total. The van der Waals surface area contributed by atoms with Gasteiger partial charge in [0.25, 0.3) is 0 Å². The van der Waals surface area contributed by atoms with Crippen LogP contribution in [0.1, 0.15) is 15.9 Å². The molecule has 0 aliphatic rings. The van der Waals surface area contributed by atoms with Crippen LogP contribution in [0.5, 0.6) is 11.6 Å². The molecule has 92 valence electrons. The van der Waals surface area contributed by atoms with Crippen molar-refractivity contribution in [2.24, 2.45) is 0 Å². The normalized spacial score (nSPS) is 10.1. The van der Waals surface area contributed by atoms with Crippen LogP contribution in [0.4, 0.5) is 4.39 Å². The van der Waals surface area contributed by atoms with Crippen LogP contribution in [0.2, 0.25) is 0 Å². The Kier molecular flexibility index (Phi) is 3.23. The summed E-state index contributed by atoms with van der Waals surface area (Å²) in [6.07, 6.45) is 0.917. The van der Waals surface area contributed by atoms with Crippen molar-refractivity contribution >= 4 is 5.97 Å². The Labute approximate surface area is 103 Å². The van der Waals surface area contributed by atoms with E-state index >= 15 is 0 Å². The van der Waals surface area contributed by atoms with Gasteiger partial charge >= 0.3 is 5.97 Å². The molecule has 0 aliphatic heterocycles. The van der Waals surface area contributed by atoms with Gasteiger partial charge in [0, 0.05) is 0 Å². The van der Waals surface area contributed by atoms with Crippen molar-refractivity contribution in [2.45, 2.75) is 6.92 Å². The number of carboxylic acid groups (broad SMARTS) is 1. The Morgan fingerprint density at radius 1 is 1.39 bits per heavy atom. The van der Waals surface area contributed by atoms with Crippen LogP contribution in [0.15, 0.2) is 36.5 Å². The highest BCUT2D eigenvalue weighted by Crippen LogP contribution is 2.26. The first-order chi connectivity index (χ1) is 8.58. The van der Waals surface area contributed by atoms with Gasteiger partial charge in [-0.2, -0.15) is 0 Å².